The highest BCUT2D eigenvalue weighted by Crippen LogP contribution is 2.37. The monoisotopic (exact) mass is 210 g/mol. The molecule has 1 aliphatic carbocycles. The fourth-order valence-electron chi connectivity index (χ4n) is 2.22. The van der Waals surface area contributed by atoms with Crippen LogP contribution in [0.1, 0.15) is 39.5 Å². The van der Waals surface area contributed by atoms with Crippen molar-refractivity contribution in [3.63, 3.8) is 0 Å². The van der Waals surface area contributed by atoms with Crippen LogP contribution < -0.4 is 5.32 Å². The van der Waals surface area contributed by atoms with Crippen molar-refractivity contribution in [3.8, 4) is 0 Å². The molecular formula is C11H18N2O2. The fraction of sp³-hybridized carbons (Fsp3) is 0.818. The van der Waals surface area contributed by atoms with E-state index in [9.17, 15) is 9.59 Å². The predicted molar refractivity (Wildman–Crippen MR) is 56.3 cm³/mol. The van der Waals surface area contributed by atoms with Gasteiger partial charge in [0.2, 0.25) is 5.91 Å². The van der Waals surface area contributed by atoms with Gasteiger partial charge in [-0.15, -0.1) is 0 Å². The smallest absolute Gasteiger partial charge is 0.324 e. The highest BCUT2D eigenvalue weighted by Gasteiger charge is 2.49. The van der Waals surface area contributed by atoms with E-state index in [1.54, 1.807) is 0 Å². The summed E-state index contributed by atoms with van der Waals surface area (Å²) >= 11 is 0. The van der Waals surface area contributed by atoms with Crippen LogP contribution in [-0.4, -0.2) is 29.4 Å². The van der Waals surface area contributed by atoms with Crippen molar-refractivity contribution in [3.05, 3.63) is 0 Å². The van der Waals surface area contributed by atoms with Gasteiger partial charge in [0.25, 0.3) is 0 Å². The van der Waals surface area contributed by atoms with Crippen LogP contribution in [0.5, 0.6) is 0 Å². The van der Waals surface area contributed by atoms with E-state index >= 15 is 0 Å². The maximum absolute atomic E-state index is 12.3. The number of carbonyl (C=O) groups excluding carboxylic acids is 2. The zero-order valence-corrected chi connectivity index (χ0v) is 9.38. The van der Waals surface area contributed by atoms with E-state index in [2.05, 4.69) is 5.32 Å². The molecule has 3 amide bonds. The maximum Gasteiger partial charge on any atom is 0.324 e. The van der Waals surface area contributed by atoms with Gasteiger partial charge in [0.1, 0.15) is 0 Å². The molecule has 2 aliphatic rings. The average molecular weight is 210 g/mol. The summed E-state index contributed by atoms with van der Waals surface area (Å²) in [5.41, 5.74) is -0.351. The van der Waals surface area contributed by atoms with E-state index in [1.165, 1.54) is 4.90 Å². The average Bonchev–Trinajstić information content (AvgIpc) is 3.04. The van der Waals surface area contributed by atoms with Crippen LogP contribution in [0.25, 0.3) is 0 Å². The van der Waals surface area contributed by atoms with Crippen LogP contribution in [0.2, 0.25) is 0 Å². The molecule has 1 heterocycles. The minimum absolute atomic E-state index is 0.0405. The lowest BCUT2D eigenvalue weighted by molar-refractivity contribution is -0.141. The topological polar surface area (TPSA) is 49.4 Å². The molecule has 1 aliphatic heterocycles. The Morgan fingerprint density at radius 1 is 1.33 bits per heavy atom. The van der Waals surface area contributed by atoms with Crippen LogP contribution in [0.3, 0.4) is 0 Å². The van der Waals surface area contributed by atoms with E-state index in [-0.39, 0.29) is 23.4 Å². The van der Waals surface area contributed by atoms with E-state index < -0.39 is 0 Å². The Balaban J connectivity index is 2.23. The number of urea groups is 1. The number of hydrogen-bond donors (Lipinski definition) is 1. The van der Waals surface area contributed by atoms with Crippen LogP contribution in [-0.2, 0) is 4.79 Å². The highest BCUT2D eigenvalue weighted by atomic mass is 16.2. The standard InChI is InChI=1S/C11H18N2O2/c1-3-11(4-2)7-12-10(15)13(9(11)14)8-5-6-8/h8H,3-7H2,1-2H3,(H,12,15). The van der Waals surface area contributed by atoms with Gasteiger partial charge in [0.15, 0.2) is 0 Å². The second-order valence-electron chi connectivity index (χ2n) is 4.55. The zero-order valence-electron chi connectivity index (χ0n) is 9.38. The van der Waals surface area contributed by atoms with Gasteiger partial charge >= 0.3 is 6.03 Å². The molecule has 1 saturated carbocycles. The molecule has 4 heteroatoms. The summed E-state index contributed by atoms with van der Waals surface area (Å²) in [6.07, 6.45) is 3.54. The van der Waals surface area contributed by atoms with Gasteiger partial charge in [-0.3, -0.25) is 9.69 Å². The molecule has 2 fully saturated rings. The number of carbonyl (C=O) groups is 2. The second-order valence-corrected chi connectivity index (χ2v) is 4.55. The van der Waals surface area contributed by atoms with Crippen molar-refractivity contribution >= 4 is 11.9 Å². The number of nitrogens with zero attached hydrogens (tertiary/aromatic N) is 1. The molecule has 2 rings (SSSR count). The van der Waals surface area contributed by atoms with Gasteiger partial charge < -0.3 is 5.32 Å². The quantitative estimate of drug-likeness (QED) is 0.767. The third-order valence-electron chi connectivity index (χ3n) is 3.73. The summed E-state index contributed by atoms with van der Waals surface area (Å²) in [5, 5.41) is 2.84. The Hall–Kier alpha value is -1.06. The van der Waals surface area contributed by atoms with E-state index in [4.69, 9.17) is 0 Å². The molecule has 0 radical (unpaired) electrons. The number of imide groups is 1. The molecule has 15 heavy (non-hydrogen) atoms. The predicted octanol–water partition coefficient (Wildman–Crippen LogP) is 1.51. The van der Waals surface area contributed by atoms with Gasteiger partial charge in [0.05, 0.1) is 5.41 Å². The third-order valence-corrected chi connectivity index (χ3v) is 3.73. The molecule has 0 unspecified atom stereocenters. The van der Waals surface area contributed by atoms with Crippen LogP contribution in [0, 0.1) is 5.41 Å². The molecular weight excluding hydrogens is 192 g/mol. The van der Waals surface area contributed by atoms with Gasteiger partial charge in [0, 0.05) is 12.6 Å². The Morgan fingerprint density at radius 2 is 1.93 bits per heavy atom. The molecule has 0 atom stereocenters. The molecule has 1 N–H and O–H groups in total. The summed E-state index contributed by atoms with van der Waals surface area (Å²) < 4.78 is 0. The minimum Gasteiger partial charge on any atom is -0.337 e. The summed E-state index contributed by atoms with van der Waals surface area (Å²) in [5.74, 6) is 0.0405. The van der Waals surface area contributed by atoms with E-state index in [0.717, 1.165) is 25.7 Å². The lowest BCUT2D eigenvalue weighted by Gasteiger charge is -2.40. The lowest BCUT2D eigenvalue weighted by atomic mass is 9.79. The van der Waals surface area contributed by atoms with Crippen molar-refractivity contribution in [1.29, 1.82) is 0 Å². The van der Waals surface area contributed by atoms with Crippen molar-refractivity contribution in [2.75, 3.05) is 6.54 Å². The van der Waals surface area contributed by atoms with Crippen molar-refractivity contribution in [1.82, 2.24) is 10.2 Å². The SMILES string of the molecule is CCC1(CC)CNC(=O)N(C2CC2)C1=O. The Labute approximate surface area is 90.0 Å². The fourth-order valence-corrected chi connectivity index (χ4v) is 2.22. The maximum atomic E-state index is 12.3. The summed E-state index contributed by atoms with van der Waals surface area (Å²) in [6.45, 7) is 4.54. The molecule has 84 valence electrons. The van der Waals surface area contributed by atoms with Crippen LogP contribution in [0.15, 0.2) is 0 Å². The Kier molecular flexibility index (Phi) is 2.44. The van der Waals surface area contributed by atoms with Gasteiger partial charge in [-0.1, -0.05) is 13.8 Å². The summed E-state index contributed by atoms with van der Waals surface area (Å²) in [4.78, 5) is 25.3. The third kappa shape index (κ3) is 1.52. The largest absolute Gasteiger partial charge is 0.337 e. The second kappa shape index (κ2) is 3.51. The Bertz CT molecular complexity index is 293. The van der Waals surface area contributed by atoms with Crippen molar-refractivity contribution < 1.29 is 9.59 Å². The molecule has 0 aromatic rings. The minimum atomic E-state index is -0.351. The summed E-state index contributed by atoms with van der Waals surface area (Å²) in [7, 11) is 0. The van der Waals surface area contributed by atoms with Gasteiger partial charge in [-0.05, 0) is 25.7 Å². The first-order chi connectivity index (χ1) is 7.14. The summed E-state index contributed by atoms with van der Waals surface area (Å²) in [6, 6.07) is -0.0182. The van der Waals surface area contributed by atoms with Crippen LogP contribution >= 0.6 is 0 Å². The molecule has 1 saturated heterocycles. The molecule has 0 aromatic heterocycles. The molecule has 0 spiro atoms. The molecule has 4 nitrogen and oxygen atoms in total. The van der Waals surface area contributed by atoms with E-state index in [0.29, 0.717) is 6.54 Å². The molecule has 0 bridgehead atoms. The first-order valence-corrected chi connectivity index (χ1v) is 5.76. The first-order valence-electron chi connectivity index (χ1n) is 5.76. The Morgan fingerprint density at radius 3 is 2.40 bits per heavy atom. The lowest BCUT2D eigenvalue weighted by Crippen LogP contribution is -2.60. The highest BCUT2D eigenvalue weighted by molar-refractivity contribution is 6.00. The number of rotatable bonds is 3. The number of amides is 3. The van der Waals surface area contributed by atoms with Crippen LogP contribution in [0.4, 0.5) is 4.79 Å². The number of hydrogen-bond acceptors (Lipinski definition) is 2. The number of nitrogens with one attached hydrogen (secondary N) is 1. The normalized spacial score (nSPS) is 25.3. The zero-order chi connectivity index (χ0) is 11.1. The van der Waals surface area contributed by atoms with Crippen molar-refractivity contribution in [2.24, 2.45) is 5.41 Å². The van der Waals surface area contributed by atoms with Crippen molar-refractivity contribution in [2.45, 2.75) is 45.6 Å². The first kappa shape index (κ1) is 10.5. The van der Waals surface area contributed by atoms with Gasteiger partial charge in [-0.2, -0.15) is 0 Å². The van der Waals surface area contributed by atoms with E-state index in [1.807, 2.05) is 13.8 Å². The molecule has 0 aromatic carbocycles. The van der Waals surface area contributed by atoms with Gasteiger partial charge in [-0.25, -0.2) is 4.79 Å².